The topological polar surface area (TPSA) is 81.2 Å². The highest BCUT2D eigenvalue weighted by Crippen LogP contribution is 2.25. The van der Waals surface area contributed by atoms with Crippen molar-refractivity contribution in [3.05, 3.63) is 90.3 Å². The minimum Gasteiger partial charge on any atom is -0.489 e. The summed E-state index contributed by atoms with van der Waals surface area (Å²) in [4.78, 5) is 3.98. The van der Waals surface area contributed by atoms with Gasteiger partial charge in [-0.3, -0.25) is 4.98 Å². The van der Waals surface area contributed by atoms with E-state index < -0.39 is 0 Å². The van der Waals surface area contributed by atoms with Crippen molar-refractivity contribution in [1.82, 2.24) is 4.98 Å². The zero-order valence-electron chi connectivity index (χ0n) is 14.1. The monoisotopic (exact) mass is 345 g/mol. The molecule has 1 heterocycles. The molecule has 3 rings (SSSR count). The molecule has 0 unspecified atom stereocenters. The van der Waals surface area contributed by atoms with Gasteiger partial charge in [0.2, 0.25) is 0 Å². The predicted octanol–water partition coefficient (Wildman–Crippen LogP) is 4.40. The van der Waals surface area contributed by atoms with Gasteiger partial charge in [0, 0.05) is 24.3 Å². The Labute approximate surface area is 152 Å². The lowest BCUT2D eigenvalue weighted by atomic mass is 10.1. The second-order valence-corrected chi connectivity index (χ2v) is 5.53. The van der Waals surface area contributed by atoms with Gasteiger partial charge in [-0.2, -0.15) is 0 Å². The average Bonchev–Trinajstić information content (AvgIpc) is 2.69. The second-order valence-electron chi connectivity index (χ2n) is 5.53. The number of rotatable bonds is 7. The summed E-state index contributed by atoms with van der Waals surface area (Å²) in [6.07, 6.45) is 6.20. The molecule has 130 valence electrons. The van der Waals surface area contributed by atoms with Crippen LogP contribution < -0.4 is 15.2 Å². The Bertz CT molecular complexity index is 873. The molecule has 0 saturated heterocycles. The van der Waals surface area contributed by atoms with Crippen molar-refractivity contribution in [1.29, 1.82) is 5.41 Å². The normalized spacial score (nSPS) is 11.0. The van der Waals surface area contributed by atoms with Crippen LogP contribution in [0.15, 0.2) is 79.1 Å². The van der Waals surface area contributed by atoms with E-state index in [1.54, 1.807) is 18.5 Å². The fraction of sp³-hybridized carbons (Fsp3) is 0.0476. The molecule has 0 aliphatic heterocycles. The average molecular weight is 345 g/mol. The summed E-state index contributed by atoms with van der Waals surface area (Å²) in [7, 11) is 0. The van der Waals surface area contributed by atoms with Gasteiger partial charge in [-0.15, -0.1) is 0 Å². The SMILES string of the molecule is N=C/C=C(\N)c1ccc(Oc2ccc(OCc3ccncc3)cc2)cc1. The highest BCUT2D eigenvalue weighted by atomic mass is 16.5. The predicted molar refractivity (Wildman–Crippen MR) is 102 cm³/mol. The van der Waals surface area contributed by atoms with E-state index in [2.05, 4.69) is 4.98 Å². The van der Waals surface area contributed by atoms with Crippen LogP contribution in [-0.4, -0.2) is 11.2 Å². The third-order valence-corrected chi connectivity index (χ3v) is 3.66. The maximum absolute atomic E-state index is 7.05. The van der Waals surface area contributed by atoms with E-state index in [1.165, 1.54) is 0 Å². The number of aromatic nitrogens is 1. The summed E-state index contributed by atoms with van der Waals surface area (Å²) < 4.78 is 11.6. The molecule has 0 atom stereocenters. The number of allylic oxidation sites excluding steroid dienone is 1. The molecule has 0 fully saturated rings. The van der Waals surface area contributed by atoms with Crippen molar-refractivity contribution >= 4 is 11.9 Å². The van der Waals surface area contributed by atoms with Gasteiger partial charge in [-0.1, -0.05) is 0 Å². The lowest BCUT2D eigenvalue weighted by molar-refractivity contribution is 0.305. The first-order chi connectivity index (χ1) is 12.7. The van der Waals surface area contributed by atoms with E-state index in [0.717, 1.165) is 28.8 Å². The molecular formula is C21H19N3O2. The largest absolute Gasteiger partial charge is 0.489 e. The highest BCUT2D eigenvalue weighted by molar-refractivity contribution is 5.81. The summed E-state index contributed by atoms with van der Waals surface area (Å²) in [6, 6.07) is 18.7. The van der Waals surface area contributed by atoms with Crippen molar-refractivity contribution in [2.75, 3.05) is 0 Å². The van der Waals surface area contributed by atoms with Crippen molar-refractivity contribution in [2.24, 2.45) is 5.73 Å². The zero-order chi connectivity index (χ0) is 18.2. The van der Waals surface area contributed by atoms with Gasteiger partial charge in [0.1, 0.15) is 23.9 Å². The first-order valence-corrected chi connectivity index (χ1v) is 8.11. The standard InChI is InChI=1S/C21H19N3O2/c22-12-9-21(23)17-1-3-19(4-2-17)26-20-7-5-18(6-8-20)25-15-16-10-13-24-14-11-16/h1-14,22H,15,23H2/b21-9-,22-12?. The smallest absolute Gasteiger partial charge is 0.127 e. The molecule has 0 bridgehead atoms. The van der Waals surface area contributed by atoms with E-state index in [-0.39, 0.29) is 0 Å². The Morgan fingerprint density at radius 2 is 1.46 bits per heavy atom. The molecular weight excluding hydrogens is 326 g/mol. The minimum absolute atomic E-state index is 0.495. The number of nitrogens with two attached hydrogens (primary N) is 1. The summed E-state index contributed by atoms with van der Waals surface area (Å²) in [5.74, 6) is 2.20. The maximum Gasteiger partial charge on any atom is 0.127 e. The van der Waals surface area contributed by atoms with Crippen molar-refractivity contribution in [3.63, 3.8) is 0 Å². The number of nitrogens with one attached hydrogen (secondary N) is 1. The number of pyridine rings is 1. The first-order valence-electron chi connectivity index (χ1n) is 8.11. The third-order valence-electron chi connectivity index (χ3n) is 3.66. The van der Waals surface area contributed by atoms with Crippen molar-refractivity contribution in [2.45, 2.75) is 6.61 Å². The molecule has 3 N–H and O–H groups in total. The molecule has 0 aliphatic rings. The summed E-state index contributed by atoms with van der Waals surface area (Å²) in [5, 5.41) is 7.05. The van der Waals surface area contributed by atoms with Gasteiger partial charge in [0.05, 0.1) is 0 Å². The number of nitrogens with zero attached hydrogens (tertiary/aromatic N) is 1. The summed E-state index contributed by atoms with van der Waals surface area (Å²) >= 11 is 0. The minimum atomic E-state index is 0.495. The Morgan fingerprint density at radius 1 is 0.885 bits per heavy atom. The molecule has 3 aromatic rings. The first kappa shape index (κ1) is 17.2. The number of hydrogen-bond donors (Lipinski definition) is 2. The Balaban J connectivity index is 1.58. The molecule has 2 aromatic carbocycles. The molecule has 5 nitrogen and oxygen atoms in total. The molecule has 0 amide bonds. The number of benzene rings is 2. The van der Waals surface area contributed by atoms with Gasteiger partial charge in [-0.05, 0) is 77.9 Å². The number of ether oxygens (including phenoxy) is 2. The molecule has 0 saturated carbocycles. The van der Waals surface area contributed by atoms with Crippen molar-refractivity contribution in [3.8, 4) is 17.2 Å². The van der Waals surface area contributed by atoms with Gasteiger partial charge in [0.15, 0.2) is 0 Å². The van der Waals surface area contributed by atoms with Gasteiger partial charge < -0.3 is 20.6 Å². The van der Waals surface area contributed by atoms with E-state index in [0.29, 0.717) is 18.1 Å². The van der Waals surface area contributed by atoms with Crippen LogP contribution in [0.3, 0.4) is 0 Å². The van der Waals surface area contributed by atoms with Crippen molar-refractivity contribution < 1.29 is 9.47 Å². The zero-order valence-corrected chi connectivity index (χ0v) is 14.1. The second kappa shape index (κ2) is 8.48. The molecule has 1 aromatic heterocycles. The Hall–Kier alpha value is -3.60. The van der Waals surface area contributed by atoms with E-state index in [4.69, 9.17) is 20.6 Å². The fourth-order valence-electron chi connectivity index (χ4n) is 2.29. The highest BCUT2D eigenvalue weighted by Gasteiger charge is 2.01. The fourth-order valence-corrected chi connectivity index (χ4v) is 2.29. The maximum atomic E-state index is 7.05. The van der Waals surface area contributed by atoms with Gasteiger partial charge >= 0.3 is 0 Å². The third kappa shape index (κ3) is 4.70. The van der Waals surface area contributed by atoms with Crippen LogP contribution in [0.4, 0.5) is 0 Å². The van der Waals surface area contributed by atoms with Crippen LogP contribution in [0, 0.1) is 5.41 Å². The van der Waals surface area contributed by atoms with Gasteiger partial charge in [0.25, 0.3) is 0 Å². The van der Waals surface area contributed by atoms with Crippen LogP contribution >= 0.6 is 0 Å². The molecule has 0 aliphatic carbocycles. The van der Waals surface area contributed by atoms with Crippen LogP contribution in [0.1, 0.15) is 11.1 Å². The Morgan fingerprint density at radius 3 is 2.08 bits per heavy atom. The van der Waals surface area contributed by atoms with Crippen LogP contribution in [-0.2, 0) is 6.61 Å². The van der Waals surface area contributed by atoms with E-state index in [1.807, 2.05) is 60.7 Å². The quantitative estimate of drug-likeness (QED) is 0.622. The number of hydrogen-bond acceptors (Lipinski definition) is 5. The van der Waals surface area contributed by atoms with Gasteiger partial charge in [-0.25, -0.2) is 0 Å². The van der Waals surface area contributed by atoms with E-state index in [9.17, 15) is 0 Å². The lowest BCUT2D eigenvalue weighted by Crippen LogP contribution is -1.96. The molecule has 0 spiro atoms. The lowest BCUT2D eigenvalue weighted by Gasteiger charge is -2.09. The molecule has 26 heavy (non-hydrogen) atoms. The van der Waals surface area contributed by atoms with Crippen LogP contribution in [0.5, 0.6) is 17.2 Å². The van der Waals surface area contributed by atoms with Crippen LogP contribution in [0.2, 0.25) is 0 Å². The van der Waals surface area contributed by atoms with Crippen LogP contribution in [0.25, 0.3) is 5.70 Å². The summed E-state index contributed by atoms with van der Waals surface area (Å²) in [6.45, 7) is 0.495. The summed E-state index contributed by atoms with van der Waals surface area (Å²) in [5.41, 5.74) is 8.31. The Kier molecular flexibility index (Phi) is 5.62. The molecule has 0 radical (unpaired) electrons. The molecule has 5 heteroatoms. The van der Waals surface area contributed by atoms with E-state index >= 15 is 0 Å².